The summed E-state index contributed by atoms with van der Waals surface area (Å²) in [6.07, 6.45) is 1.53. The molecule has 3 rings (SSSR count). The highest BCUT2D eigenvalue weighted by Gasteiger charge is 2.35. The highest BCUT2D eigenvalue weighted by molar-refractivity contribution is 6.21. The normalized spacial score (nSPS) is 13.6. The van der Waals surface area contributed by atoms with Crippen LogP contribution in [0.4, 0.5) is 4.39 Å². The molecular weight excluding hydrogens is 437 g/mol. The van der Waals surface area contributed by atoms with Crippen molar-refractivity contribution in [3.8, 4) is 0 Å². The Morgan fingerprint density at radius 1 is 1.00 bits per heavy atom. The van der Waals surface area contributed by atoms with Gasteiger partial charge in [0.05, 0.1) is 11.1 Å². The molecule has 1 aliphatic heterocycles. The first kappa shape index (κ1) is 25.1. The van der Waals surface area contributed by atoms with E-state index in [1.54, 1.807) is 36.4 Å². The Labute approximate surface area is 198 Å². The van der Waals surface area contributed by atoms with Crippen LogP contribution in [0.2, 0.25) is 0 Å². The van der Waals surface area contributed by atoms with E-state index < -0.39 is 6.04 Å². The van der Waals surface area contributed by atoms with Crippen molar-refractivity contribution >= 4 is 23.6 Å². The van der Waals surface area contributed by atoms with Gasteiger partial charge in [0.25, 0.3) is 11.8 Å². The number of fused-ring (bicyclic) bond motifs is 1. The van der Waals surface area contributed by atoms with Crippen LogP contribution < -0.4 is 5.32 Å². The quantitative estimate of drug-likeness (QED) is 0.512. The summed E-state index contributed by atoms with van der Waals surface area (Å²) in [7, 11) is 0. The topological polar surface area (TPSA) is 86.8 Å². The Morgan fingerprint density at radius 3 is 2.18 bits per heavy atom. The monoisotopic (exact) mass is 467 g/mol. The maximum absolute atomic E-state index is 13.3. The van der Waals surface area contributed by atoms with E-state index in [-0.39, 0.29) is 55.4 Å². The Balaban J connectivity index is 1.69. The lowest BCUT2D eigenvalue weighted by molar-refractivity contribution is -0.141. The van der Waals surface area contributed by atoms with Gasteiger partial charge in [0.15, 0.2) is 0 Å². The van der Waals surface area contributed by atoms with Crippen molar-refractivity contribution in [2.75, 3.05) is 13.1 Å². The number of nitrogens with zero attached hydrogens (tertiary/aromatic N) is 2. The number of carbonyl (C=O) groups is 4. The third kappa shape index (κ3) is 5.68. The summed E-state index contributed by atoms with van der Waals surface area (Å²) in [6.45, 7) is 4.56. The van der Waals surface area contributed by atoms with Gasteiger partial charge in [-0.05, 0) is 49.1 Å². The molecule has 1 heterocycles. The lowest BCUT2D eigenvalue weighted by Gasteiger charge is -2.31. The zero-order chi connectivity index (χ0) is 24.7. The number of amides is 4. The van der Waals surface area contributed by atoms with Crippen molar-refractivity contribution in [3.05, 3.63) is 71.0 Å². The largest absolute Gasteiger partial charge is 0.354 e. The molecule has 0 unspecified atom stereocenters. The molecule has 1 N–H and O–H groups in total. The summed E-state index contributed by atoms with van der Waals surface area (Å²) < 4.78 is 13.3. The molecule has 2 aromatic carbocycles. The van der Waals surface area contributed by atoms with Crippen LogP contribution in [0, 0.1) is 5.82 Å². The van der Waals surface area contributed by atoms with Gasteiger partial charge in [-0.2, -0.15) is 0 Å². The second kappa shape index (κ2) is 11.5. The fourth-order valence-corrected chi connectivity index (χ4v) is 4.05. The maximum Gasteiger partial charge on any atom is 0.261 e. The molecule has 0 bridgehead atoms. The van der Waals surface area contributed by atoms with E-state index >= 15 is 0 Å². The minimum Gasteiger partial charge on any atom is -0.354 e. The van der Waals surface area contributed by atoms with Crippen LogP contribution in [0.15, 0.2) is 48.5 Å². The molecule has 7 nitrogen and oxygen atoms in total. The van der Waals surface area contributed by atoms with Crippen molar-refractivity contribution in [1.29, 1.82) is 0 Å². The first-order valence-corrected chi connectivity index (χ1v) is 11.6. The lowest BCUT2D eigenvalue weighted by atomic mass is 10.1. The maximum atomic E-state index is 13.3. The summed E-state index contributed by atoms with van der Waals surface area (Å²) in [6, 6.07) is 11.8. The minimum absolute atomic E-state index is 0.0617. The van der Waals surface area contributed by atoms with E-state index in [2.05, 4.69) is 5.32 Å². The van der Waals surface area contributed by atoms with E-state index in [1.165, 1.54) is 17.0 Å². The average molecular weight is 468 g/mol. The van der Waals surface area contributed by atoms with Crippen molar-refractivity contribution in [2.24, 2.45) is 0 Å². The summed E-state index contributed by atoms with van der Waals surface area (Å²) in [5.41, 5.74) is 1.45. The molecule has 2 aromatic rings. The van der Waals surface area contributed by atoms with Gasteiger partial charge in [-0.3, -0.25) is 24.1 Å². The molecule has 0 spiro atoms. The smallest absolute Gasteiger partial charge is 0.261 e. The lowest BCUT2D eigenvalue weighted by Crippen LogP contribution is -2.49. The molecule has 4 amide bonds. The van der Waals surface area contributed by atoms with Crippen molar-refractivity contribution in [1.82, 2.24) is 15.1 Å². The second-order valence-corrected chi connectivity index (χ2v) is 8.27. The Bertz CT molecular complexity index is 1020. The molecule has 0 saturated carbocycles. The van der Waals surface area contributed by atoms with Crippen LogP contribution in [0.5, 0.6) is 0 Å². The number of rotatable bonds is 11. The average Bonchev–Trinajstić information content (AvgIpc) is 3.08. The van der Waals surface area contributed by atoms with Crippen LogP contribution >= 0.6 is 0 Å². The number of imide groups is 1. The molecule has 1 aliphatic rings. The van der Waals surface area contributed by atoms with Crippen LogP contribution in [0.3, 0.4) is 0 Å². The van der Waals surface area contributed by atoms with Crippen molar-refractivity contribution in [3.63, 3.8) is 0 Å². The summed E-state index contributed by atoms with van der Waals surface area (Å²) in [5.74, 6) is -1.60. The van der Waals surface area contributed by atoms with Gasteiger partial charge in [0.2, 0.25) is 11.8 Å². The first-order valence-electron chi connectivity index (χ1n) is 11.6. The highest BCUT2D eigenvalue weighted by Crippen LogP contribution is 2.23. The van der Waals surface area contributed by atoms with Gasteiger partial charge in [-0.15, -0.1) is 0 Å². The zero-order valence-corrected chi connectivity index (χ0v) is 19.6. The Morgan fingerprint density at radius 2 is 1.62 bits per heavy atom. The van der Waals surface area contributed by atoms with Gasteiger partial charge in [-0.1, -0.05) is 38.1 Å². The fourth-order valence-electron chi connectivity index (χ4n) is 4.05. The van der Waals surface area contributed by atoms with Crippen molar-refractivity contribution < 1.29 is 23.6 Å². The molecule has 8 heteroatoms. The van der Waals surface area contributed by atoms with Crippen LogP contribution in [-0.4, -0.2) is 52.6 Å². The number of hydrogen-bond donors (Lipinski definition) is 1. The molecule has 0 saturated heterocycles. The SMILES string of the molecule is CCCNC(=O)[C@@H](CC)N(Cc1ccc(F)cc1)C(=O)CCCN1C(=O)c2ccccc2C1=O. The molecule has 1 atom stereocenters. The third-order valence-corrected chi connectivity index (χ3v) is 5.85. The van der Waals surface area contributed by atoms with E-state index in [0.717, 1.165) is 11.3 Å². The van der Waals surface area contributed by atoms with Gasteiger partial charge >= 0.3 is 0 Å². The van der Waals surface area contributed by atoms with Gasteiger partial charge in [0.1, 0.15) is 11.9 Å². The number of nitrogens with one attached hydrogen (secondary N) is 1. The number of halogens is 1. The summed E-state index contributed by atoms with van der Waals surface area (Å²) in [4.78, 5) is 53.8. The molecular formula is C26H30FN3O4. The predicted molar refractivity (Wildman–Crippen MR) is 125 cm³/mol. The summed E-state index contributed by atoms with van der Waals surface area (Å²) in [5, 5.41) is 2.85. The molecule has 0 fully saturated rings. The van der Waals surface area contributed by atoms with E-state index in [1.807, 2.05) is 13.8 Å². The van der Waals surface area contributed by atoms with Crippen LogP contribution in [0.25, 0.3) is 0 Å². The van der Waals surface area contributed by atoms with Gasteiger partial charge in [-0.25, -0.2) is 4.39 Å². The predicted octanol–water partition coefficient (Wildman–Crippen LogP) is 3.54. The minimum atomic E-state index is -0.677. The molecule has 34 heavy (non-hydrogen) atoms. The Kier molecular flexibility index (Phi) is 8.51. The summed E-state index contributed by atoms with van der Waals surface area (Å²) >= 11 is 0. The number of hydrogen-bond acceptors (Lipinski definition) is 4. The van der Waals surface area contributed by atoms with Crippen LogP contribution in [-0.2, 0) is 16.1 Å². The zero-order valence-electron chi connectivity index (χ0n) is 19.6. The molecule has 0 aromatic heterocycles. The van der Waals surface area contributed by atoms with Gasteiger partial charge in [0, 0.05) is 26.1 Å². The molecule has 180 valence electrons. The molecule has 0 aliphatic carbocycles. The number of carbonyl (C=O) groups excluding carboxylic acids is 4. The second-order valence-electron chi connectivity index (χ2n) is 8.27. The van der Waals surface area contributed by atoms with E-state index in [9.17, 15) is 23.6 Å². The third-order valence-electron chi connectivity index (χ3n) is 5.85. The standard InChI is InChI=1S/C26H30FN3O4/c1-3-15-28-24(32)22(4-2)30(17-18-11-13-19(27)14-12-18)23(31)10-7-16-29-25(33)20-8-5-6-9-21(20)26(29)34/h5-6,8-9,11-14,22H,3-4,7,10,15-17H2,1-2H3,(H,28,32)/t22-/m1/s1. The fraction of sp³-hybridized carbons (Fsp3) is 0.385. The Hall–Kier alpha value is -3.55. The molecule has 0 radical (unpaired) electrons. The number of benzene rings is 2. The first-order chi connectivity index (χ1) is 16.4. The highest BCUT2D eigenvalue weighted by atomic mass is 19.1. The van der Waals surface area contributed by atoms with Gasteiger partial charge < -0.3 is 10.2 Å². The van der Waals surface area contributed by atoms with E-state index in [4.69, 9.17) is 0 Å². The van der Waals surface area contributed by atoms with Crippen LogP contribution in [0.1, 0.15) is 65.8 Å². The van der Waals surface area contributed by atoms with E-state index in [0.29, 0.717) is 29.7 Å². The van der Waals surface area contributed by atoms with Crippen molar-refractivity contribution in [2.45, 2.75) is 52.1 Å².